The second-order valence-corrected chi connectivity index (χ2v) is 5.61. The average Bonchev–Trinajstić information content (AvgIpc) is 2.50. The van der Waals surface area contributed by atoms with Crippen LogP contribution in [0, 0.1) is 5.92 Å². The first-order valence-corrected chi connectivity index (χ1v) is 7.41. The third kappa shape index (κ3) is 7.09. The summed E-state index contributed by atoms with van der Waals surface area (Å²) in [6.07, 6.45) is 0.579. The molecule has 4 N–H and O–H groups in total. The summed E-state index contributed by atoms with van der Waals surface area (Å²) in [6.45, 7) is 5.36. The van der Waals surface area contributed by atoms with Gasteiger partial charge in [-0.05, 0) is 26.3 Å². The summed E-state index contributed by atoms with van der Waals surface area (Å²) in [6, 6.07) is -2.81. The Hall–Kier alpha value is -2.16. The van der Waals surface area contributed by atoms with Crippen molar-refractivity contribution in [2.45, 2.75) is 39.3 Å². The second-order valence-electron chi connectivity index (χ2n) is 5.61. The lowest BCUT2D eigenvalue weighted by atomic mass is 10.0. The highest BCUT2D eigenvalue weighted by atomic mass is 16.2. The van der Waals surface area contributed by atoms with Crippen LogP contribution in [-0.2, 0) is 9.59 Å². The molecule has 0 aromatic rings. The molecule has 0 rings (SSSR count). The molecule has 0 bridgehead atoms. The highest BCUT2D eigenvalue weighted by Crippen LogP contribution is 2.04. The summed E-state index contributed by atoms with van der Waals surface area (Å²) in [5.74, 6) is -0.809. The number of carbonyl (C=O) groups excluding carboxylic acids is 4. The van der Waals surface area contributed by atoms with Crippen molar-refractivity contribution < 1.29 is 19.2 Å². The fourth-order valence-corrected chi connectivity index (χ4v) is 1.75. The van der Waals surface area contributed by atoms with Crippen LogP contribution in [0.1, 0.15) is 27.2 Å². The van der Waals surface area contributed by atoms with E-state index >= 15 is 0 Å². The molecule has 0 aromatic carbocycles. The van der Waals surface area contributed by atoms with Gasteiger partial charge in [-0.3, -0.25) is 14.9 Å². The number of rotatable bonds is 6. The first-order valence-electron chi connectivity index (χ1n) is 7.41. The molecular weight excluding hydrogens is 302 g/mol. The van der Waals surface area contributed by atoms with Crippen LogP contribution in [0.4, 0.5) is 9.59 Å². The molecule has 6 amide bonds. The molecule has 0 saturated carbocycles. The number of imide groups is 2. The minimum absolute atomic E-state index is 0.284. The first-order chi connectivity index (χ1) is 10.6. The van der Waals surface area contributed by atoms with E-state index in [0.717, 1.165) is 4.90 Å². The molecule has 2 atom stereocenters. The van der Waals surface area contributed by atoms with E-state index in [9.17, 15) is 19.2 Å². The number of urea groups is 2. The highest BCUT2D eigenvalue weighted by Gasteiger charge is 2.25. The van der Waals surface area contributed by atoms with Gasteiger partial charge in [-0.15, -0.1) is 0 Å². The molecule has 9 nitrogen and oxygen atoms in total. The van der Waals surface area contributed by atoms with Crippen LogP contribution in [0.3, 0.4) is 0 Å². The van der Waals surface area contributed by atoms with Crippen molar-refractivity contribution in [3.63, 3.8) is 0 Å². The molecule has 9 heteroatoms. The van der Waals surface area contributed by atoms with Gasteiger partial charge in [0.25, 0.3) is 0 Å². The summed E-state index contributed by atoms with van der Waals surface area (Å²) in [4.78, 5) is 47.8. The first kappa shape index (κ1) is 20.8. The Bertz CT molecular complexity index is 452. The summed E-state index contributed by atoms with van der Waals surface area (Å²) in [5, 5.41) is 9.72. The molecule has 0 heterocycles. The van der Waals surface area contributed by atoms with Gasteiger partial charge in [0.2, 0.25) is 11.8 Å². The maximum atomic E-state index is 12.0. The van der Waals surface area contributed by atoms with Crippen molar-refractivity contribution in [2.75, 3.05) is 21.1 Å². The van der Waals surface area contributed by atoms with Crippen LogP contribution < -0.4 is 21.3 Å². The maximum absolute atomic E-state index is 12.0. The van der Waals surface area contributed by atoms with Crippen molar-refractivity contribution >= 4 is 23.9 Å². The third-order valence-corrected chi connectivity index (χ3v) is 3.17. The lowest BCUT2D eigenvalue weighted by Crippen LogP contribution is -2.54. The van der Waals surface area contributed by atoms with Gasteiger partial charge in [-0.1, -0.05) is 13.8 Å². The van der Waals surface area contributed by atoms with Crippen molar-refractivity contribution in [3.8, 4) is 0 Å². The molecule has 0 aromatic heterocycles. The Balaban J connectivity index is 4.58. The number of nitrogens with zero attached hydrogens (tertiary/aromatic N) is 1. The third-order valence-electron chi connectivity index (χ3n) is 3.17. The van der Waals surface area contributed by atoms with Crippen LogP contribution in [-0.4, -0.2) is 62.0 Å². The van der Waals surface area contributed by atoms with Crippen LogP contribution in [0.2, 0.25) is 0 Å². The Morgan fingerprint density at radius 1 is 0.957 bits per heavy atom. The maximum Gasteiger partial charge on any atom is 0.325 e. The summed E-state index contributed by atoms with van der Waals surface area (Å²) in [5.41, 5.74) is 0. The van der Waals surface area contributed by atoms with Gasteiger partial charge < -0.3 is 16.0 Å². The quantitative estimate of drug-likeness (QED) is 0.530. The molecule has 0 saturated heterocycles. The molecule has 0 aliphatic heterocycles. The summed E-state index contributed by atoms with van der Waals surface area (Å²) in [7, 11) is 4.29. The number of likely N-dealkylation sites (N-methyl/N-ethyl adjacent to an activating group) is 1. The van der Waals surface area contributed by atoms with E-state index in [1.165, 1.54) is 21.0 Å². The van der Waals surface area contributed by atoms with Crippen LogP contribution in [0.25, 0.3) is 0 Å². The molecule has 0 spiro atoms. The van der Waals surface area contributed by atoms with Gasteiger partial charge in [0.15, 0.2) is 0 Å². The molecule has 132 valence electrons. The second kappa shape index (κ2) is 9.78. The number of hydrogen-bond acceptors (Lipinski definition) is 5. The molecule has 23 heavy (non-hydrogen) atoms. The molecule has 0 aliphatic rings. The van der Waals surface area contributed by atoms with Gasteiger partial charge in [0.1, 0.15) is 6.04 Å². The number of nitrogens with one attached hydrogen (secondary N) is 4. The van der Waals surface area contributed by atoms with Gasteiger partial charge in [0, 0.05) is 14.1 Å². The van der Waals surface area contributed by atoms with Gasteiger partial charge >= 0.3 is 12.1 Å². The van der Waals surface area contributed by atoms with E-state index in [4.69, 9.17) is 0 Å². The van der Waals surface area contributed by atoms with E-state index in [0.29, 0.717) is 6.42 Å². The molecular formula is C14H27N5O4. The predicted octanol–water partition coefficient (Wildman–Crippen LogP) is -0.367. The standard InChI is InChI=1S/C14H27N5O4/c1-8(2)7-10(15-4)12(21)18-11(20)9(3)17-14(23)19(6)13(22)16-5/h8-10,15H,7H2,1-6H3,(H,16,22)(H,17,23)(H,18,20,21). The normalized spacial score (nSPS) is 13.0. The Kier molecular flexibility index (Phi) is 8.86. The van der Waals surface area contributed by atoms with Gasteiger partial charge in [0.05, 0.1) is 6.04 Å². The smallest absolute Gasteiger partial charge is 0.325 e. The molecule has 2 unspecified atom stereocenters. The monoisotopic (exact) mass is 329 g/mol. The fraction of sp³-hybridized carbons (Fsp3) is 0.714. The van der Waals surface area contributed by atoms with Crippen LogP contribution in [0.15, 0.2) is 0 Å². The molecule has 0 fully saturated rings. The Labute approximate surface area is 136 Å². The lowest BCUT2D eigenvalue weighted by molar-refractivity contribution is -0.132. The van der Waals surface area contributed by atoms with E-state index in [1.807, 2.05) is 13.8 Å². The lowest BCUT2D eigenvalue weighted by Gasteiger charge is -2.21. The zero-order valence-electron chi connectivity index (χ0n) is 14.5. The van der Waals surface area contributed by atoms with Gasteiger partial charge in [-0.2, -0.15) is 0 Å². The minimum atomic E-state index is -0.963. The Morgan fingerprint density at radius 2 is 1.52 bits per heavy atom. The topological polar surface area (TPSA) is 120 Å². The van der Waals surface area contributed by atoms with E-state index in [2.05, 4.69) is 21.3 Å². The number of carbonyl (C=O) groups is 4. The molecule has 0 aliphatic carbocycles. The number of hydrogen-bond donors (Lipinski definition) is 4. The van der Waals surface area contributed by atoms with Crippen molar-refractivity contribution in [1.82, 2.24) is 26.2 Å². The predicted molar refractivity (Wildman–Crippen MR) is 85.7 cm³/mol. The van der Waals surface area contributed by atoms with E-state index in [1.54, 1.807) is 7.05 Å². The van der Waals surface area contributed by atoms with E-state index < -0.39 is 36.0 Å². The fourth-order valence-electron chi connectivity index (χ4n) is 1.75. The largest absolute Gasteiger partial charge is 0.341 e. The van der Waals surface area contributed by atoms with E-state index in [-0.39, 0.29) is 5.92 Å². The zero-order chi connectivity index (χ0) is 18.2. The summed E-state index contributed by atoms with van der Waals surface area (Å²) < 4.78 is 0. The average molecular weight is 329 g/mol. The van der Waals surface area contributed by atoms with Gasteiger partial charge in [-0.25, -0.2) is 14.5 Å². The van der Waals surface area contributed by atoms with Crippen molar-refractivity contribution in [2.24, 2.45) is 5.92 Å². The molecule has 0 radical (unpaired) electrons. The minimum Gasteiger partial charge on any atom is -0.341 e. The zero-order valence-corrected chi connectivity index (χ0v) is 14.5. The SMILES string of the molecule is CNC(=O)N(C)C(=O)NC(C)C(=O)NC(=O)C(CC(C)C)NC. The number of amides is 6. The summed E-state index contributed by atoms with van der Waals surface area (Å²) >= 11 is 0. The van der Waals surface area contributed by atoms with Crippen LogP contribution in [0.5, 0.6) is 0 Å². The van der Waals surface area contributed by atoms with Crippen LogP contribution >= 0.6 is 0 Å². The van der Waals surface area contributed by atoms with Crippen molar-refractivity contribution in [1.29, 1.82) is 0 Å². The highest BCUT2D eigenvalue weighted by molar-refractivity contribution is 6.01. The van der Waals surface area contributed by atoms with Crippen molar-refractivity contribution in [3.05, 3.63) is 0 Å². The Morgan fingerprint density at radius 3 is 1.96 bits per heavy atom.